The van der Waals surface area contributed by atoms with E-state index in [1.165, 1.54) is 96.3 Å². The van der Waals surface area contributed by atoms with Crippen LogP contribution in [0.4, 0.5) is 0 Å². The summed E-state index contributed by atoms with van der Waals surface area (Å²) in [6.07, 6.45) is 24.6. The lowest BCUT2D eigenvalue weighted by Gasteiger charge is -2.03. The smallest absolute Gasteiger partial charge is 0.132 e. The van der Waals surface area contributed by atoms with Gasteiger partial charge in [0.1, 0.15) is 5.78 Å². The lowest BCUT2D eigenvalue weighted by molar-refractivity contribution is -0.119. The fourth-order valence-corrected chi connectivity index (χ4v) is 3.21. The molecular formula is C22H44O. The molecule has 0 rings (SSSR count). The van der Waals surface area contributed by atoms with Crippen molar-refractivity contribution in [1.29, 1.82) is 0 Å². The minimum absolute atomic E-state index is 0.498. The van der Waals surface area contributed by atoms with Gasteiger partial charge in [-0.25, -0.2) is 0 Å². The first-order valence-corrected chi connectivity index (χ1v) is 10.8. The second-order valence-corrected chi connectivity index (χ2v) is 7.34. The van der Waals surface area contributed by atoms with Crippen LogP contribution in [0.3, 0.4) is 0 Å². The van der Waals surface area contributed by atoms with Gasteiger partial charge in [-0.15, -0.1) is 0 Å². The molecule has 0 aromatic rings. The molecule has 138 valence electrons. The molecule has 0 aliphatic carbocycles. The number of carbonyl (C=O) groups is 1. The molecule has 0 aromatic heterocycles. The second-order valence-electron chi connectivity index (χ2n) is 7.34. The molecule has 0 unspecified atom stereocenters. The van der Waals surface area contributed by atoms with Crippen LogP contribution in [0.2, 0.25) is 0 Å². The van der Waals surface area contributed by atoms with Crippen LogP contribution < -0.4 is 0 Å². The average molecular weight is 325 g/mol. The number of Topliss-reactive ketones (excluding diaryl/α,β-unsaturated/α-hetero) is 1. The lowest BCUT2D eigenvalue weighted by atomic mass is 10.0. The van der Waals surface area contributed by atoms with Gasteiger partial charge < -0.3 is 0 Å². The van der Waals surface area contributed by atoms with E-state index in [4.69, 9.17) is 0 Å². The predicted octanol–water partition coefficient (Wildman–Crippen LogP) is 8.01. The molecule has 0 bridgehead atoms. The van der Waals surface area contributed by atoms with E-state index in [1.807, 2.05) is 0 Å². The Bertz CT molecular complexity index is 234. The van der Waals surface area contributed by atoms with Crippen molar-refractivity contribution in [1.82, 2.24) is 0 Å². The van der Waals surface area contributed by atoms with Gasteiger partial charge in [0.15, 0.2) is 0 Å². The molecule has 0 amide bonds. The highest BCUT2D eigenvalue weighted by molar-refractivity contribution is 5.78. The zero-order chi connectivity index (χ0) is 17.0. The van der Waals surface area contributed by atoms with Crippen LogP contribution in [-0.4, -0.2) is 5.78 Å². The minimum Gasteiger partial charge on any atom is -0.300 e. The van der Waals surface area contributed by atoms with Crippen LogP contribution in [0, 0.1) is 0 Å². The van der Waals surface area contributed by atoms with Crippen molar-refractivity contribution in [2.75, 3.05) is 0 Å². The van der Waals surface area contributed by atoms with Crippen molar-refractivity contribution in [3.8, 4) is 0 Å². The lowest BCUT2D eigenvalue weighted by Crippen LogP contribution is -1.97. The van der Waals surface area contributed by atoms with Gasteiger partial charge in [-0.2, -0.15) is 0 Å². The van der Waals surface area contributed by atoms with E-state index in [0.29, 0.717) is 5.78 Å². The summed E-state index contributed by atoms with van der Waals surface area (Å²) >= 11 is 0. The van der Waals surface area contributed by atoms with E-state index in [9.17, 15) is 4.79 Å². The summed E-state index contributed by atoms with van der Waals surface area (Å²) < 4.78 is 0. The van der Waals surface area contributed by atoms with Gasteiger partial charge in [0.05, 0.1) is 0 Å². The quantitative estimate of drug-likeness (QED) is 0.220. The normalized spacial score (nSPS) is 11.0. The molecule has 0 radical (unpaired) electrons. The minimum atomic E-state index is 0.498. The number of hydrogen-bond donors (Lipinski definition) is 0. The highest BCUT2D eigenvalue weighted by Crippen LogP contribution is 2.13. The van der Waals surface area contributed by atoms with Crippen molar-refractivity contribution in [3.63, 3.8) is 0 Å². The zero-order valence-corrected chi connectivity index (χ0v) is 16.3. The van der Waals surface area contributed by atoms with Gasteiger partial charge in [-0.3, -0.25) is 4.79 Å². The molecule has 0 heterocycles. The highest BCUT2D eigenvalue weighted by atomic mass is 16.1. The summed E-state index contributed by atoms with van der Waals surface area (Å²) in [7, 11) is 0. The number of carbonyl (C=O) groups excluding carboxylic acids is 1. The predicted molar refractivity (Wildman–Crippen MR) is 104 cm³/mol. The molecule has 0 N–H and O–H groups in total. The molecule has 23 heavy (non-hydrogen) atoms. The third kappa shape index (κ3) is 19.6. The Morgan fingerprint density at radius 3 is 1.09 bits per heavy atom. The SMILES string of the molecule is CCCCCCCCCCCCCCCCC(=O)CCCCC. The van der Waals surface area contributed by atoms with Crippen molar-refractivity contribution in [2.45, 2.75) is 136 Å². The Morgan fingerprint density at radius 1 is 0.435 bits per heavy atom. The molecule has 0 atom stereocenters. The fraction of sp³-hybridized carbons (Fsp3) is 0.955. The van der Waals surface area contributed by atoms with Crippen molar-refractivity contribution < 1.29 is 4.79 Å². The van der Waals surface area contributed by atoms with Crippen LogP contribution in [0.25, 0.3) is 0 Å². The summed E-state index contributed by atoms with van der Waals surface area (Å²) in [6.45, 7) is 4.48. The molecule has 0 saturated carbocycles. The Labute approximate surface area is 147 Å². The van der Waals surface area contributed by atoms with Crippen molar-refractivity contribution >= 4 is 5.78 Å². The summed E-state index contributed by atoms with van der Waals surface area (Å²) in [5.41, 5.74) is 0. The molecule has 0 saturated heterocycles. The number of unbranched alkanes of at least 4 members (excludes halogenated alkanes) is 15. The van der Waals surface area contributed by atoms with Gasteiger partial charge in [-0.1, -0.05) is 110 Å². The van der Waals surface area contributed by atoms with Crippen LogP contribution in [0.5, 0.6) is 0 Å². The number of ketones is 1. The largest absolute Gasteiger partial charge is 0.300 e. The van der Waals surface area contributed by atoms with E-state index in [2.05, 4.69) is 13.8 Å². The third-order valence-electron chi connectivity index (χ3n) is 4.87. The molecule has 0 aliphatic rings. The second kappa shape index (κ2) is 19.7. The van der Waals surface area contributed by atoms with Crippen molar-refractivity contribution in [2.24, 2.45) is 0 Å². The fourth-order valence-electron chi connectivity index (χ4n) is 3.21. The van der Waals surface area contributed by atoms with Gasteiger partial charge in [0, 0.05) is 12.8 Å². The topological polar surface area (TPSA) is 17.1 Å². The standard InChI is InChI=1S/C22H44O/c1-3-5-7-8-9-10-11-12-13-14-15-16-17-19-21-22(23)20-18-6-4-2/h3-21H2,1-2H3. The number of rotatable bonds is 19. The molecule has 0 aliphatic heterocycles. The third-order valence-corrected chi connectivity index (χ3v) is 4.87. The van der Waals surface area contributed by atoms with Gasteiger partial charge in [0.2, 0.25) is 0 Å². The maximum Gasteiger partial charge on any atom is 0.132 e. The maximum atomic E-state index is 11.6. The monoisotopic (exact) mass is 324 g/mol. The first-order valence-electron chi connectivity index (χ1n) is 10.8. The Morgan fingerprint density at radius 2 is 0.696 bits per heavy atom. The van der Waals surface area contributed by atoms with Crippen LogP contribution >= 0.6 is 0 Å². The number of hydrogen-bond acceptors (Lipinski definition) is 1. The van der Waals surface area contributed by atoms with E-state index in [0.717, 1.165) is 25.7 Å². The van der Waals surface area contributed by atoms with Crippen molar-refractivity contribution in [3.05, 3.63) is 0 Å². The van der Waals surface area contributed by atoms with Crippen LogP contribution in [-0.2, 0) is 4.79 Å². The highest BCUT2D eigenvalue weighted by Gasteiger charge is 2.01. The molecule has 0 fully saturated rings. The molecular weight excluding hydrogens is 280 g/mol. The first kappa shape index (κ1) is 22.7. The Balaban J connectivity index is 3.06. The van der Waals surface area contributed by atoms with E-state index < -0.39 is 0 Å². The summed E-state index contributed by atoms with van der Waals surface area (Å²) in [6, 6.07) is 0. The zero-order valence-electron chi connectivity index (χ0n) is 16.3. The Kier molecular flexibility index (Phi) is 19.4. The molecule has 0 spiro atoms. The Hall–Kier alpha value is -0.330. The van der Waals surface area contributed by atoms with Gasteiger partial charge in [-0.05, 0) is 12.8 Å². The average Bonchev–Trinajstić information content (AvgIpc) is 2.55. The van der Waals surface area contributed by atoms with Gasteiger partial charge >= 0.3 is 0 Å². The summed E-state index contributed by atoms with van der Waals surface area (Å²) in [4.78, 5) is 11.6. The van der Waals surface area contributed by atoms with Crippen LogP contribution in [0.1, 0.15) is 136 Å². The molecule has 1 nitrogen and oxygen atoms in total. The van der Waals surface area contributed by atoms with E-state index >= 15 is 0 Å². The van der Waals surface area contributed by atoms with Crippen LogP contribution in [0.15, 0.2) is 0 Å². The van der Waals surface area contributed by atoms with Gasteiger partial charge in [0.25, 0.3) is 0 Å². The maximum absolute atomic E-state index is 11.6. The van der Waals surface area contributed by atoms with E-state index in [-0.39, 0.29) is 0 Å². The molecule has 1 heteroatoms. The summed E-state index contributed by atoms with van der Waals surface area (Å²) in [5.74, 6) is 0.498. The molecule has 0 aromatic carbocycles. The summed E-state index contributed by atoms with van der Waals surface area (Å²) in [5, 5.41) is 0. The first-order chi connectivity index (χ1) is 11.3. The van der Waals surface area contributed by atoms with E-state index in [1.54, 1.807) is 0 Å².